The van der Waals surface area contributed by atoms with E-state index in [9.17, 15) is 9.90 Å². The molecule has 2 rings (SSSR count). The molecule has 1 amide bonds. The van der Waals surface area contributed by atoms with Crippen molar-refractivity contribution < 1.29 is 14.6 Å². The lowest BCUT2D eigenvalue weighted by Crippen LogP contribution is -2.50. The number of aryl methyl sites for hydroxylation is 1. The van der Waals surface area contributed by atoms with Gasteiger partial charge in [0.25, 0.3) is 0 Å². The number of hydrogen-bond donors (Lipinski definition) is 1. The quantitative estimate of drug-likeness (QED) is 0.906. The summed E-state index contributed by atoms with van der Waals surface area (Å²) in [5, 5.41) is 9.68. The highest BCUT2D eigenvalue weighted by Gasteiger charge is 2.26. The number of amides is 1. The summed E-state index contributed by atoms with van der Waals surface area (Å²) in [4.78, 5) is 20.4. The Morgan fingerprint density at radius 1 is 1.30 bits per heavy atom. The van der Waals surface area contributed by atoms with Crippen molar-refractivity contribution in [1.29, 1.82) is 0 Å². The topological polar surface area (TPSA) is 65.9 Å². The molecule has 0 aromatic carbocycles. The number of aliphatic hydroxyl groups excluding tert-OH is 1. The molecule has 0 saturated carbocycles. The highest BCUT2D eigenvalue weighted by atomic mass is 16.6. The Bertz CT molecular complexity index is 559. The molecular weight excluding hydrogens is 294 g/mol. The van der Waals surface area contributed by atoms with Gasteiger partial charge >= 0.3 is 6.09 Å². The van der Waals surface area contributed by atoms with E-state index in [-0.39, 0.29) is 6.09 Å². The van der Waals surface area contributed by atoms with Crippen molar-refractivity contribution in [3.05, 3.63) is 23.4 Å². The van der Waals surface area contributed by atoms with Crippen LogP contribution in [0.3, 0.4) is 0 Å². The van der Waals surface area contributed by atoms with Gasteiger partial charge in [0.05, 0.1) is 6.10 Å². The minimum Gasteiger partial charge on any atom is -0.444 e. The molecule has 23 heavy (non-hydrogen) atoms. The Morgan fingerprint density at radius 2 is 1.91 bits per heavy atom. The average Bonchev–Trinajstić information content (AvgIpc) is 2.45. The van der Waals surface area contributed by atoms with Crippen molar-refractivity contribution in [2.24, 2.45) is 0 Å². The van der Waals surface area contributed by atoms with Crippen molar-refractivity contribution in [3.63, 3.8) is 0 Å². The first-order chi connectivity index (χ1) is 10.7. The molecule has 0 bridgehead atoms. The predicted molar refractivity (Wildman–Crippen MR) is 89.6 cm³/mol. The summed E-state index contributed by atoms with van der Waals surface area (Å²) in [6, 6.07) is 1.99. The van der Waals surface area contributed by atoms with Crippen molar-refractivity contribution in [2.45, 2.75) is 46.3 Å². The number of carbonyl (C=O) groups is 1. The van der Waals surface area contributed by atoms with Crippen LogP contribution in [0.1, 0.15) is 44.9 Å². The van der Waals surface area contributed by atoms with Crippen LogP contribution < -0.4 is 4.90 Å². The van der Waals surface area contributed by atoms with E-state index in [4.69, 9.17) is 4.74 Å². The lowest BCUT2D eigenvalue weighted by molar-refractivity contribution is 0.0240. The van der Waals surface area contributed by atoms with E-state index in [0.29, 0.717) is 13.1 Å². The molecule has 1 atom stereocenters. The lowest BCUT2D eigenvalue weighted by Gasteiger charge is -2.36. The maximum absolute atomic E-state index is 12.1. The number of rotatable bonds is 2. The molecule has 6 nitrogen and oxygen atoms in total. The van der Waals surface area contributed by atoms with Crippen molar-refractivity contribution in [3.8, 4) is 0 Å². The monoisotopic (exact) mass is 321 g/mol. The second-order valence-corrected chi connectivity index (χ2v) is 7.03. The maximum atomic E-state index is 12.1. The third-order valence-corrected chi connectivity index (χ3v) is 3.84. The molecule has 1 N–H and O–H groups in total. The SMILES string of the molecule is Cc1cc(N2CCN(C(=O)OC(C)(C)C)CC2)ncc1C(C)O. The molecule has 0 aliphatic carbocycles. The summed E-state index contributed by atoms with van der Waals surface area (Å²) in [5.74, 6) is 0.885. The van der Waals surface area contributed by atoms with E-state index < -0.39 is 11.7 Å². The molecule has 0 radical (unpaired) electrons. The zero-order chi connectivity index (χ0) is 17.2. The van der Waals surface area contributed by atoms with Gasteiger partial charge in [0, 0.05) is 37.9 Å². The molecule has 128 valence electrons. The number of aromatic nitrogens is 1. The number of anilines is 1. The van der Waals surface area contributed by atoms with Crippen molar-refractivity contribution >= 4 is 11.9 Å². The van der Waals surface area contributed by atoms with Crippen LogP contribution in [0.15, 0.2) is 12.3 Å². The third kappa shape index (κ3) is 4.58. The van der Waals surface area contributed by atoms with Crippen LogP contribution in [0, 0.1) is 6.92 Å². The number of nitrogens with zero attached hydrogens (tertiary/aromatic N) is 3. The molecule has 1 aromatic rings. The second-order valence-electron chi connectivity index (χ2n) is 7.03. The van der Waals surface area contributed by atoms with Crippen LogP contribution in [0.2, 0.25) is 0 Å². The van der Waals surface area contributed by atoms with E-state index in [1.807, 2.05) is 33.8 Å². The fourth-order valence-corrected chi connectivity index (χ4v) is 2.61. The molecule has 1 fully saturated rings. The van der Waals surface area contributed by atoms with Gasteiger partial charge in [-0.2, -0.15) is 0 Å². The van der Waals surface area contributed by atoms with Crippen LogP contribution >= 0.6 is 0 Å². The molecule has 1 unspecified atom stereocenters. The summed E-state index contributed by atoms with van der Waals surface area (Å²) < 4.78 is 5.40. The molecule has 1 aromatic heterocycles. The summed E-state index contributed by atoms with van der Waals surface area (Å²) in [6.07, 6.45) is 0.960. The maximum Gasteiger partial charge on any atom is 0.410 e. The molecule has 6 heteroatoms. The highest BCUT2D eigenvalue weighted by Crippen LogP contribution is 2.22. The van der Waals surface area contributed by atoms with Crippen LogP contribution in [0.25, 0.3) is 0 Å². The van der Waals surface area contributed by atoms with Crippen LogP contribution in [-0.2, 0) is 4.74 Å². The standard InChI is InChI=1S/C17H27N3O3/c1-12-10-15(18-11-14(12)13(2)21)19-6-8-20(9-7-19)16(22)23-17(3,4)5/h10-11,13,21H,6-9H2,1-5H3. The van der Waals surface area contributed by atoms with E-state index in [1.165, 1.54) is 0 Å². The first kappa shape index (κ1) is 17.5. The number of hydrogen-bond acceptors (Lipinski definition) is 5. The minimum absolute atomic E-state index is 0.259. The smallest absolute Gasteiger partial charge is 0.410 e. The van der Waals surface area contributed by atoms with Gasteiger partial charge in [0.1, 0.15) is 11.4 Å². The van der Waals surface area contributed by atoms with Gasteiger partial charge in [0.15, 0.2) is 0 Å². The number of carbonyl (C=O) groups excluding carboxylic acids is 1. The van der Waals surface area contributed by atoms with E-state index >= 15 is 0 Å². The van der Waals surface area contributed by atoms with Crippen LogP contribution in [0.4, 0.5) is 10.6 Å². The Hall–Kier alpha value is -1.82. The molecule has 1 aliphatic rings. The fourth-order valence-electron chi connectivity index (χ4n) is 2.61. The van der Waals surface area contributed by atoms with Gasteiger partial charge in [-0.05, 0) is 46.2 Å². The summed E-state index contributed by atoms with van der Waals surface area (Å²) in [6.45, 7) is 12.0. The Morgan fingerprint density at radius 3 is 2.39 bits per heavy atom. The number of aliphatic hydroxyl groups is 1. The van der Waals surface area contributed by atoms with Crippen LogP contribution in [0.5, 0.6) is 0 Å². The molecular formula is C17H27N3O3. The molecule has 2 heterocycles. The Balaban J connectivity index is 1.97. The normalized spacial score (nSPS) is 17.1. The predicted octanol–water partition coefficient (Wildman–Crippen LogP) is 2.50. The first-order valence-corrected chi connectivity index (χ1v) is 8.05. The Kier molecular flexibility index (Phi) is 5.14. The molecule has 1 saturated heterocycles. The summed E-state index contributed by atoms with van der Waals surface area (Å²) >= 11 is 0. The first-order valence-electron chi connectivity index (χ1n) is 8.05. The van der Waals surface area contributed by atoms with Gasteiger partial charge in [-0.25, -0.2) is 9.78 Å². The van der Waals surface area contributed by atoms with Crippen molar-refractivity contribution in [2.75, 3.05) is 31.1 Å². The number of ether oxygens (including phenoxy) is 1. The largest absolute Gasteiger partial charge is 0.444 e. The zero-order valence-electron chi connectivity index (χ0n) is 14.7. The molecule has 1 aliphatic heterocycles. The third-order valence-electron chi connectivity index (χ3n) is 3.84. The van der Waals surface area contributed by atoms with Gasteiger partial charge in [-0.1, -0.05) is 0 Å². The van der Waals surface area contributed by atoms with Gasteiger partial charge in [0.2, 0.25) is 0 Å². The summed E-state index contributed by atoms with van der Waals surface area (Å²) in [7, 11) is 0. The van der Waals surface area contributed by atoms with Gasteiger partial charge < -0.3 is 19.6 Å². The molecule has 0 spiro atoms. The zero-order valence-corrected chi connectivity index (χ0v) is 14.7. The Labute approximate surface area is 138 Å². The lowest BCUT2D eigenvalue weighted by atomic mass is 10.1. The highest BCUT2D eigenvalue weighted by molar-refractivity contribution is 5.68. The minimum atomic E-state index is -0.513. The fraction of sp³-hybridized carbons (Fsp3) is 0.647. The number of pyridine rings is 1. The van der Waals surface area contributed by atoms with E-state index in [2.05, 4.69) is 9.88 Å². The second kappa shape index (κ2) is 6.74. The van der Waals surface area contributed by atoms with E-state index in [0.717, 1.165) is 30.0 Å². The average molecular weight is 321 g/mol. The van der Waals surface area contributed by atoms with Crippen molar-refractivity contribution in [1.82, 2.24) is 9.88 Å². The number of piperazine rings is 1. The summed E-state index contributed by atoms with van der Waals surface area (Å²) in [5.41, 5.74) is 1.41. The van der Waals surface area contributed by atoms with Crippen LogP contribution in [-0.4, -0.2) is 52.9 Å². The van der Waals surface area contributed by atoms with Gasteiger partial charge in [-0.3, -0.25) is 0 Å². The van der Waals surface area contributed by atoms with E-state index in [1.54, 1.807) is 18.0 Å². The van der Waals surface area contributed by atoms with Gasteiger partial charge in [-0.15, -0.1) is 0 Å².